The predicted octanol–water partition coefficient (Wildman–Crippen LogP) is 4.06. The van der Waals surface area contributed by atoms with E-state index in [2.05, 4.69) is 55.4 Å². The number of benzene rings is 2. The van der Waals surface area contributed by atoms with Gasteiger partial charge in [-0.25, -0.2) is 0 Å². The number of hydrogen-bond donors (Lipinski definition) is 1. The number of hydrogen-bond acceptors (Lipinski definition) is 2. The summed E-state index contributed by atoms with van der Waals surface area (Å²) in [6.45, 7) is 6.90. The van der Waals surface area contributed by atoms with Crippen molar-refractivity contribution in [2.24, 2.45) is 0 Å². The van der Waals surface area contributed by atoms with Gasteiger partial charge in [0.15, 0.2) is 0 Å². The first kappa shape index (κ1) is 18.2. The Bertz CT molecular complexity index is 620. The van der Waals surface area contributed by atoms with Crippen LogP contribution in [0.3, 0.4) is 0 Å². The maximum Gasteiger partial charge on any atom is 0.251 e. The highest BCUT2D eigenvalue weighted by molar-refractivity contribution is 5.94. The van der Waals surface area contributed by atoms with E-state index < -0.39 is 0 Å². The van der Waals surface area contributed by atoms with E-state index in [1.54, 1.807) is 0 Å². The highest BCUT2D eigenvalue weighted by atomic mass is 16.1. The zero-order valence-corrected chi connectivity index (χ0v) is 15.0. The van der Waals surface area contributed by atoms with E-state index in [0.29, 0.717) is 12.5 Å². The van der Waals surface area contributed by atoms with E-state index in [0.717, 1.165) is 25.1 Å². The van der Waals surface area contributed by atoms with E-state index in [1.165, 1.54) is 11.1 Å². The molecule has 0 aliphatic rings. The normalized spacial score (nSPS) is 11.0. The number of nitrogens with one attached hydrogen (secondary N) is 1. The van der Waals surface area contributed by atoms with Gasteiger partial charge in [0.25, 0.3) is 5.91 Å². The standard InChI is InChI=1S/C21H28N2O/c1-17(2)19-10-12-20(13-11-19)21(24)22-14-7-15-23(3)16-18-8-5-4-6-9-18/h4-6,8-13,17H,7,14-16H2,1-3H3,(H,22,24). The fraction of sp³-hybridized carbons (Fsp3) is 0.381. The van der Waals surface area contributed by atoms with Crippen LogP contribution in [0.5, 0.6) is 0 Å². The van der Waals surface area contributed by atoms with E-state index in [-0.39, 0.29) is 5.91 Å². The molecule has 0 heterocycles. The second-order valence-corrected chi connectivity index (χ2v) is 6.61. The Morgan fingerprint density at radius 2 is 1.71 bits per heavy atom. The van der Waals surface area contributed by atoms with Crippen molar-refractivity contribution in [1.29, 1.82) is 0 Å². The predicted molar refractivity (Wildman–Crippen MR) is 100 cm³/mol. The van der Waals surface area contributed by atoms with Gasteiger partial charge < -0.3 is 10.2 Å². The van der Waals surface area contributed by atoms with Crippen molar-refractivity contribution in [2.75, 3.05) is 20.1 Å². The first-order valence-electron chi connectivity index (χ1n) is 8.67. The third-order valence-corrected chi connectivity index (χ3v) is 4.14. The molecule has 0 aliphatic carbocycles. The smallest absolute Gasteiger partial charge is 0.251 e. The van der Waals surface area contributed by atoms with Crippen molar-refractivity contribution in [3.63, 3.8) is 0 Å². The van der Waals surface area contributed by atoms with Gasteiger partial charge in [0, 0.05) is 18.7 Å². The van der Waals surface area contributed by atoms with Gasteiger partial charge >= 0.3 is 0 Å². The van der Waals surface area contributed by atoms with Crippen molar-refractivity contribution >= 4 is 5.91 Å². The molecule has 2 aromatic carbocycles. The lowest BCUT2D eigenvalue weighted by molar-refractivity contribution is 0.0952. The van der Waals surface area contributed by atoms with Crippen LogP contribution in [0.2, 0.25) is 0 Å². The molecule has 0 saturated heterocycles. The van der Waals surface area contributed by atoms with Crippen LogP contribution in [-0.4, -0.2) is 30.9 Å². The zero-order valence-electron chi connectivity index (χ0n) is 15.0. The van der Waals surface area contributed by atoms with Gasteiger partial charge in [-0.1, -0.05) is 56.3 Å². The second-order valence-electron chi connectivity index (χ2n) is 6.61. The Hall–Kier alpha value is -2.13. The minimum absolute atomic E-state index is 0.0102. The molecule has 0 spiro atoms. The van der Waals surface area contributed by atoms with Crippen LogP contribution < -0.4 is 5.32 Å². The van der Waals surface area contributed by atoms with Gasteiger partial charge in [-0.3, -0.25) is 4.79 Å². The Morgan fingerprint density at radius 3 is 2.33 bits per heavy atom. The molecule has 0 aromatic heterocycles. The molecule has 0 radical (unpaired) electrons. The molecular formula is C21H28N2O. The van der Waals surface area contributed by atoms with Crippen LogP contribution in [-0.2, 0) is 6.54 Å². The van der Waals surface area contributed by atoms with Crippen LogP contribution in [0.25, 0.3) is 0 Å². The molecule has 0 aliphatic heterocycles. The molecule has 2 rings (SSSR count). The van der Waals surface area contributed by atoms with E-state index in [1.807, 2.05) is 30.3 Å². The van der Waals surface area contributed by atoms with Crippen LogP contribution in [0.1, 0.15) is 47.7 Å². The van der Waals surface area contributed by atoms with Crippen LogP contribution in [0.4, 0.5) is 0 Å². The van der Waals surface area contributed by atoms with Gasteiger partial charge in [-0.15, -0.1) is 0 Å². The van der Waals surface area contributed by atoms with Gasteiger partial charge in [-0.2, -0.15) is 0 Å². The molecule has 0 atom stereocenters. The van der Waals surface area contributed by atoms with Gasteiger partial charge in [-0.05, 0) is 49.2 Å². The maximum absolute atomic E-state index is 12.1. The van der Waals surface area contributed by atoms with E-state index in [4.69, 9.17) is 0 Å². The van der Waals surface area contributed by atoms with Gasteiger partial charge in [0.2, 0.25) is 0 Å². The van der Waals surface area contributed by atoms with Crippen LogP contribution in [0.15, 0.2) is 54.6 Å². The third kappa shape index (κ3) is 5.82. The summed E-state index contributed by atoms with van der Waals surface area (Å²) in [4.78, 5) is 14.4. The Kier molecular flexibility index (Phi) is 7.01. The summed E-state index contributed by atoms with van der Waals surface area (Å²) in [6.07, 6.45) is 0.944. The lowest BCUT2D eigenvalue weighted by Gasteiger charge is -2.16. The second kappa shape index (κ2) is 9.24. The lowest BCUT2D eigenvalue weighted by atomic mass is 10.0. The number of nitrogens with zero attached hydrogens (tertiary/aromatic N) is 1. The number of amides is 1. The van der Waals surface area contributed by atoms with Gasteiger partial charge in [0.1, 0.15) is 0 Å². The highest BCUT2D eigenvalue weighted by Crippen LogP contribution is 2.14. The molecule has 0 bridgehead atoms. The summed E-state index contributed by atoms with van der Waals surface area (Å²) in [5, 5.41) is 3.00. The Morgan fingerprint density at radius 1 is 1.04 bits per heavy atom. The average molecular weight is 324 g/mol. The third-order valence-electron chi connectivity index (χ3n) is 4.14. The molecule has 0 fully saturated rings. The monoisotopic (exact) mass is 324 g/mol. The molecule has 0 unspecified atom stereocenters. The quantitative estimate of drug-likeness (QED) is 0.743. The minimum Gasteiger partial charge on any atom is -0.352 e. The summed E-state index contributed by atoms with van der Waals surface area (Å²) in [5.41, 5.74) is 3.31. The Balaban J connectivity index is 1.69. The molecular weight excluding hydrogens is 296 g/mol. The first-order chi connectivity index (χ1) is 11.6. The van der Waals surface area contributed by atoms with Gasteiger partial charge in [0.05, 0.1) is 0 Å². The maximum atomic E-state index is 12.1. The largest absolute Gasteiger partial charge is 0.352 e. The van der Waals surface area contributed by atoms with Crippen molar-refractivity contribution in [2.45, 2.75) is 32.7 Å². The van der Waals surface area contributed by atoms with Crippen molar-refractivity contribution in [1.82, 2.24) is 10.2 Å². The summed E-state index contributed by atoms with van der Waals surface area (Å²) >= 11 is 0. The number of carbonyl (C=O) groups is 1. The summed E-state index contributed by atoms with van der Waals surface area (Å²) in [6, 6.07) is 18.3. The molecule has 24 heavy (non-hydrogen) atoms. The molecule has 1 N–H and O–H groups in total. The summed E-state index contributed by atoms with van der Waals surface area (Å²) < 4.78 is 0. The summed E-state index contributed by atoms with van der Waals surface area (Å²) in [5.74, 6) is 0.498. The zero-order chi connectivity index (χ0) is 17.4. The van der Waals surface area contributed by atoms with Crippen molar-refractivity contribution in [3.05, 3.63) is 71.3 Å². The lowest BCUT2D eigenvalue weighted by Crippen LogP contribution is -2.28. The van der Waals surface area contributed by atoms with Crippen molar-refractivity contribution < 1.29 is 4.79 Å². The molecule has 128 valence electrons. The highest BCUT2D eigenvalue weighted by Gasteiger charge is 2.06. The molecule has 3 nitrogen and oxygen atoms in total. The fourth-order valence-electron chi connectivity index (χ4n) is 2.65. The average Bonchev–Trinajstić information content (AvgIpc) is 2.59. The van der Waals surface area contributed by atoms with Crippen LogP contribution >= 0.6 is 0 Å². The molecule has 2 aromatic rings. The van der Waals surface area contributed by atoms with Crippen molar-refractivity contribution in [3.8, 4) is 0 Å². The Labute approximate surface area is 145 Å². The topological polar surface area (TPSA) is 32.3 Å². The molecule has 3 heteroatoms. The summed E-state index contributed by atoms with van der Waals surface area (Å²) in [7, 11) is 2.11. The van der Waals surface area contributed by atoms with Crippen LogP contribution in [0, 0.1) is 0 Å². The molecule has 1 amide bonds. The number of carbonyl (C=O) groups excluding carboxylic acids is 1. The van der Waals surface area contributed by atoms with E-state index in [9.17, 15) is 4.79 Å². The minimum atomic E-state index is 0.0102. The van der Waals surface area contributed by atoms with E-state index >= 15 is 0 Å². The SMILES string of the molecule is CC(C)c1ccc(C(=O)NCCCN(C)Cc2ccccc2)cc1. The molecule has 0 saturated carbocycles. The number of rotatable bonds is 8. The fourth-order valence-corrected chi connectivity index (χ4v) is 2.65. The first-order valence-corrected chi connectivity index (χ1v) is 8.67.